The van der Waals surface area contributed by atoms with Crippen LogP contribution in [0.5, 0.6) is 5.88 Å². The summed E-state index contributed by atoms with van der Waals surface area (Å²) in [4.78, 5) is 8.22. The Morgan fingerprint density at radius 2 is 2.00 bits per heavy atom. The minimum atomic E-state index is -0.212. The van der Waals surface area contributed by atoms with Gasteiger partial charge in [0.1, 0.15) is 18.0 Å². The number of ether oxygens (including phenoxy) is 1. The molecule has 0 radical (unpaired) electrons. The molecule has 0 saturated carbocycles. The van der Waals surface area contributed by atoms with Crippen LogP contribution in [0.1, 0.15) is 25.3 Å². The zero-order chi connectivity index (χ0) is 14.9. The number of aromatic nitrogens is 2. The first-order chi connectivity index (χ1) is 10.3. The van der Waals surface area contributed by atoms with Gasteiger partial charge in [0, 0.05) is 12.6 Å². The molecule has 4 nitrogen and oxygen atoms in total. The van der Waals surface area contributed by atoms with Crippen molar-refractivity contribution in [3.63, 3.8) is 0 Å². The fraction of sp³-hybridized carbons (Fsp3) is 0.375. The number of benzene rings is 1. The van der Waals surface area contributed by atoms with E-state index < -0.39 is 0 Å². The van der Waals surface area contributed by atoms with Gasteiger partial charge in [-0.15, -0.1) is 0 Å². The van der Waals surface area contributed by atoms with Gasteiger partial charge in [0.2, 0.25) is 5.88 Å². The third-order valence-corrected chi connectivity index (χ3v) is 3.02. The van der Waals surface area contributed by atoms with Gasteiger partial charge in [0.25, 0.3) is 0 Å². The highest BCUT2D eigenvalue weighted by atomic mass is 19.1. The van der Waals surface area contributed by atoms with Crippen LogP contribution in [-0.4, -0.2) is 23.1 Å². The average Bonchev–Trinajstić information content (AvgIpc) is 2.50. The Morgan fingerprint density at radius 1 is 1.19 bits per heavy atom. The predicted octanol–water partition coefficient (Wildman–Crippen LogP) is 3.45. The zero-order valence-corrected chi connectivity index (χ0v) is 12.2. The summed E-state index contributed by atoms with van der Waals surface area (Å²) in [7, 11) is 0. The third-order valence-electron chi connectivity index (χ3n) is 3.02. The molecule has 0 saturated heterocycles. The first-order valence-electron chi connectivity index (χ1n) is 7.21. The average molecular weight is 289 g/mol. The smallest absolute Gasteiger partial charge is 0.218 e. The molecule has 1 aromatic heterocycles. The van der Waals surface area contributed by atoms with Crippen LogP contribution in [0.25, 0.3) is 0 Å². The zero-order valence-electron chi connectivity index (χ0n) is 12.2. The number of nitrogens with zero attached hydrogens (tertiary/aromatic N) is 2. The highest BCUT2D eigenvalue weighted by molar-refractivity contribution is 5.37. The van der Waals surface area contributed by atoms with E-state index in [1.165, 1.54) is 18.5 Å². The summed E-state index contributed by atoms with van der Waals surface area (Å²) < 4.78 is 18.3. The van der Waals surface area contributed by atoms with Crippen molar-refractivity contribution < 1.29 is 9.13 Å². The summed E-state index contributed by atoms with van der Waals surface area (Å²) in [6.07, 6.45) is 4.39. The SMILES string of the molecule is CCCCOc1cc(NCCc2ccc(F)cc2)ncn1. The van der Waals surface area contributed by atoms with Gasteiger partial charge in [0.15, 0.2) is 0 Å². The van der Waals surface area contributed by atoms with Crippen LogP contribution in [-0.2, 0) is 6.42 Å². The van der Waals surface area contributed by atoms with Gasteiger partial charge in [-0.05, 0) is 30.5 Å². The van der Waals surface area contributed by atoms with Gasteiger partial charge >= 0.3 is 0 Å². The molecule has 0 spiro atoms. The Kier molecular flexibility index (Phi) is 5.94. The van der Waals surface area contributed by atoms with Gasteiger partial charge in [-0.2, -0.15) is 0 Å². The Hall–Kier alpha value is -2.17. The van der Waals surface area contributed by atoms with E-state index in [-0.39, 0.29) is 5.82 Å². The van der Waals surface area contributed by atoms with Crippen molar-refractivity contribution >= 4 is 5.82 Å². The molecule has 0 bridgehead atoms. The Morgan fingerprint density at radius 3 is 2.76 bits per heavy atom. The molecule has 0 unspecified atom stereocenters. The fourth-order valence-electron chi connectivity index (χ4n) is 1.82. The molecule has 0 amide bonds. The van der Waals surface area contributed by atoms with E-state index in [2.05, 4.69) is 22.2 Å². The summed E-state index contributed by atoms with van der Waals surface area (Å²) >= 11 is 0. The Bertz CT molecular complexity index is 545. The summed E-state index contributed by atoms with van der Waals surface area (Å²) in [6, 6.07) is 8.31. The molecule has 2 aromatic rings. The normalized spacial score (nSPS) is 10.4. The molecule has 1 aromatic carbocycles. The molecule has 1 N–H and O–H groups in total. The number of nitrogens with one attached hydrogen (secondary N) is 1. The van der Waals surface area contributed by atoms with Crippen LogP contribution in [0.4, 0.5) is 10.2 Å². The maximum atomic E-state index is 12.8. The number of rotatable bonds is 8. The molecule has 2 rings (SSSR count). The predicted molar refractivity (Wildman–Crippen MR) is 81.0 cm³/mol. The van der Waals surface area contributed by atoms with Crippen LogP contribution in [0.3, 0.4) is 0 Å². The minimum absolute atomic E-state index is 0.212. The topological polar surface area (TPSA) is 47.0 Å². The van der Waals surface area contributed by atoms with E-state index in [1.807, 2.05) is 0 Å². The molecule has 112 valence electrons. The second-order valence-electron chi connectivity index (χ2n) is 4.75. The summed E-state index contributed by atoms with van der Waals surface area (Å²) in [5.41, 5.74) is 1.08. The number of halogens is 1. The largest absolute Gasteiger partial charge is 0.478 e. The minimum Gasteiger partial charge on any atom is -0.478 e. The van der Waals surface area contributed by atoms with Crippen molar-refractivity contribution in [2.75, 3.05) is 18.5 Å². The third kappa shape index (κ3) is 5.38. The maximum Gasteiger partial charge on any atom is 0.218 e. The first-order valence-corrected chi connectivity index (χ1v) is 7.21. The van der Waals surface area contributed by atoms with Crippen molar-refractivity contribution in [2.24, 2.45) is 0 Å². The quantitative estimate of drug-likeness (QED) is 0.756. The lowest BCUT2D eigenvalue weighted by atomic mass is 10.1. The molecule has 21 heavy (non-hydrogen) atoms. The van der Waals surface area contributed by atoms with Crippen molar-refractivity contribution in [3.05, 3.63) is 48.0 Å². The van der Waals surface area contributed by atoms with Gasteiger partial charge in [-0.1, -0.05) is 25.5 Å². The van der Waals surface area contributed by atoms with E-state index in [4.69, 9.17) is 4.74 Å². The van der Waals surface area contributed by atoms with Crippen molar-refractivity contribution in [3.8, 4) is 5.88 Å². The lowest BCUT2D eigenvalue weighted by Gasteiger charge is -2.08. The van der Waals surface area contributed by atoms with Crippen LogP contribution >= 0.6 is 0 Å². The van der Waals surface area contributed by atoms with Crippen molar-refractivity contribution in [1.29, 1.82) is 0 Å². The van der Waals surface area contributed by atoms with Gasteiger partial charge in [-0.25, -0.2) is 14.4 Å². The molecule has 5 heteroatoms. The lowest BCUT2D eigenvalue weighted by molar-refractivity contribution is 0.297. The second kappa shape index (κ2) is 8.19. The maximum absolute atomic E-state index is 12.8. The van der Waals surface area contributed by atoms with Gasteiger partial charge in [-0.3, -0.25) is 0 Å². The van der Waals surface area contributed by atoms with Crippen LogP contribution in [0.2, 0.25) is 0 Å². The van der Waals surface area contributed by atoms with Gasteiger partial charge in [0.05, 0.1) is 6.61 Å². The van der Waals surface area contributed by atoms with E-state index in [1.54, 1.807) is 18.2 Å². The molecule has 0 fully saturated rings. The molecule has 0 aliphatic carbocycles. The van der Waals surface area contributed by atoms with E-state index >= 15 is 0 Å². The highest BCUT2D eigenvalue weighted by Crippen LogP contribution is 2.12. The number of hydrogen-bond acceptors (Lipinski definition) is 4. The number of unbranched alkanes of at least 4 members (excludes halogenated alkanes) is 1. The number of hydrogen-bond donors (Lipinski definition) is 1. The standard InChI is InChI=1S/C16H20FN3O/c1-2-3-10-21-16-11-15(19-12-20-16)18-9-8-13-4-6-14(17)7-5-13/h4-7,11-12H,2-3,8-10H2,1H3,(H,18,19,20). The van der Waals surface area contributed by atoms with Crippen molar-refractivity contribution in [2.45, 2.75) is 26.2 Å². The Balaban J connectivity index is 1.79. The van der Waals surface area contributed by atoms with Crippen LogP contribution in [0.15, 0.2) is 36.7 Å². The molecular formula is C16H20FN3O. The molecule has 0 atom stereocenters. The molecule has 0 aliphatic heterocycles. The first kappa shape index (κ1) is 15.2. The summed E-state index contributed by atoms with van der Waals surface area (Å²) in [5.74, 6) is 1.11. The molecular weight excluding hydrogens is 269 g/mol. The van der Waals surface area contributed by atoms with E-state index in [0.717, 1.165) is 37.2 Å². The lowest BCUT2D eigenvalue weighted by Crippen LogP contribution is -2.07. The Labute approximate surface area is 124 Å². The van der Waals surface area contributed by atoms with Crippen LogP contribution in [0, 0.1) is 5.82 Å². The molecule has 0 aliphatic rings. The summed E-state index contributed by atoms with van der Waals surface area (Å²) in [5, 5.41) is 3.21. The fourth-order valence-corrected chi connectivity index (χ4v) is 1.82. The second-order valence-corrected chi connectivity index (χ2v) is 4.75. The van der Waals surface area contributed by atoms with E-state index in [9.17, 15) is 4.39 Å². The van der Waals surface area contributed by atoms with Gasteiger partial charge < -0.3 is 10.1 Å². The highest BCUT2D eigenvalue weighted by Gasteiger charge is 2.00. The van der Waals surface area contributed by atoms with E-state index in [0.29, 0.717) is 12.5 Å². The molecule has 1 heterocycles. The number of anilines is 1. The van der Waals surface area contributed by atoms with Crippen molar-refractivity contribution in [1.82, 2.24) is 9.97 Å². The monoisotopic (exact) mass is 289 g/mol. The van der Waals surface area contributed by atoms with Crippen LogP contribution < -0.4 is 10.1 Å². The summed E-state index contributed by atoms with van der Waals surface area (Å²) in [6.45, 7) is 3.51.